The number of aromatic nitrogens is 1. The first-order chi connectivity index (χ1) is 13.9. The molecule has 1 aromatic heterocycles. The maximum Gasteiger partial charge on any atom is 0.144 e. The first kappa shape index (κ1) is 19.3. The lowest BCUT2D eigenvalue weighted by molar-refractivity contribution is 0.417. The van der Waals surface area contributed by atoms with Crippen LogP contribution in [0.1, 0.15) is 0 Å². The van der Waals surface area contributed by atoms with Gasteiger partial charge < -0.3 is 19.9 Å². The molecule has 4 aromatic rings. The summed E-state index contributed by atoms with van der Waals surface area (Å²) in [6.07, 6.45) is 0.447. The minimum atomic E-state index is -2.15. The molecule has 0 spiro atoms. The number of hydrogen-bond donors (Lipinski definition) is 2. The predicted molar refractivity (Wildman–Crippen MR) is 123 cm³/mol. The van der Waals surface area contributed by atoms with Crippen LogP contribution in [0.5, 0.6) is 5.75 Å². The molecule has 0 atom stereocenters. The first-order valence-corrected chi connectivity index (χ1v) is 12.2. The van der Waals surface area contributed by atoms with E-state index in [-0.39, 0.29) is 0 Å². The van der Waals surface area contributed by atoms with Gasteiger partial charge in [-0.15, -0.1) is 0 Å². The summed E-state index contributed by atoms with van der Waals surface area (Å²) in [5.41, 5.74) is 4.61. The van der Waals surface area contributed by atoms with Gasteiger partial charge in [-0.25, -0.2) is 4.98 Å². The lowest BCUT2D eigenvalue weighted by atomic mass is 10.1. The zero-order valence-electron chi connectivity index (χ0n) is 16.8. The van der Waals surface area contributed by atoms with Crippen molar-refractivity contribution in [3.05, 3.63) is 66.7 Å². The lowest BCUT2D eigenvalue weighted by Gasteiger charge is -2.17. The molecule has 0 bridgehead atoms. The molecule has 0 aliphatic heterocycles. The van der Waals surface area contributed by atoms with Crippen LogP contribution in [0.2, 0.25) is 0 Å². The van der Waals surface area contributed by atoms with E-state index in [4.69, 9.17) is 9.72 Å². The number of para-hydroxylation sites is 2. The Morgan fingerprint density at radius 3 is 2.14 bits per heavy atom. The van der Waals surface area contributed by atoms with E-state index in [2.05, 4.69) is 22.8 Å². The highest BCUT2D eigenvalue weighted by molar-refractivity contribution is 7.62. The van der Waals surface area contributed by atoms with Crippen molar-refractivity contribution in [2.45, 2.75) is 0 Å². The minimum absolute atomic E-state index is 0.447. The number of anilines is 3. The normalized spacial score (nSPS) is 11.6. The second kappa shape index (κ2) is 7.76. The van der Waals surface area contributed by atoms with Gasteiger partial charge in [-0.3, -0.25) is 0 Å². The monoisotopic (exact) mass is 405 g/mol. The summed E-state index contributed by atoms with van der Waals surface area (Å²) in [6.45, 7) is 3.54. The molecule has 3 aromatic carbocycles. The second-order valence-electron chi connectivity index (χ2n) is 7.47. The molecule has 4 rings (SSSR count). The molecule has 148 valence electrons. The van der Waals surface area contributed by atoms with Gasteiger partial charge in [0.15, 0.2) is 0 Å². The fourth-order valence-corrected chi connectivity index (χ4v) is 3.86. The van der Waals surface area contributed by atoms with Crippen molar-refractivity contribution >= 4 is 46.0 Å². The Kier molecular flexibility index (Phi) is 5.16. The van der Waals surface area contributed by atoms with E-state index in [1.807, 2.05) is 54.6 Å². The van der Waals surface area contributed by atoms with Gasteiger partial charge in [0.2, 0.25) is 0 Å². The highest BCUT2D eigenvalue weighted by Crippen LogP contribution is 2.38. The number of fused-ring (bicyclic) bond motifs is 2. The van der Waals surface area contributed by atoms with Crippen LogP contribution in [0.25, 0.3) is 21.8 Å². The van der Waals surface area contributed by atoms with E-state index in [0.29, 0.717) is 12.0 Å². The number of rotatable bonds is 6. The minimum Gasteiger partial charge on any atom is -0.494 e. The third-order valence-corrected chi connectivity index (χ3v) is 5.63. The third kappa shape index (κ3) is 4.20. The van der Waals surface area contributed by atoms with Gasteiger partial charge in [0, 0.05) is 22.5 Å². The molecule has 0 fully saturated rings. The predicted octanol–water partition coefficient (Wildman–Crippen LogP) is 6.13. The Bertz CT molecular complexity index is 1180. The number of nitrogens with one attached hydrogen (secondary N) is 2. The molecule has 0 unspecified atom stereocenters. The van der Waals surface area contributed by atoms with Crippen LogP contribution < -0.4 is 15.4 Å². The average Bonchev–Trinajstić information content (AvgIpc) is 2.72. The molecule has 0 amide bonds. The average molecular weight is 405 g/mol. The van der Waals surface area contributed by atoms with Crippen LogP contribution in [-0.2, 0) is 4.57 Å². The van der Waals surface area contributed by atoms with Gasteiger partial charge in [-0.1, -0.05) is 36.4 Å². The summed E-state index contributed by atoms with van der Waals surface area (Å²) in [6, 6.07) is 22.1. The highest BCUT2D eigenvalue weighted by atomic mass is 31.2. The van der Waals surface area contributed by atoms with Crippen LogP contribution in [0.3, 0.4) is 0 Å². The smallest absolute Gasteiger partial charge is 0.144 e. The molecule has 0 aliphatic rings. The van der Waals surface area contributed by atoms with Gasteiger partial charge >= 0.3 is 0 Å². The number of pyridine rings is 1. The Morgan fingerprint density at radius 2 is 1.55 bits per heavy atom. The molecule has 6 heteroatoms. The van der Waals surface area contributed by atoms with E-state index in [0.717, 1.165) is 38.9 Å². The zero-order chi connectivity index (χ0) is 20.4. The molecule has 0 saturated heterocycles. The number of benzene rings is 3. The Labute approximate surface area is 170 Å². The maximum absolute atomic E-state index is 12.0. The van der Waals surface area contributed by atoms with E-state index >= 15 is 0 Å². The second-order valence-corrected chi connectivity index (χ2v) is 10.9. The van der Waals surface area contributed by atoms with Crippen LogP contribution >= 0.6 is 7.14 Å². The summed E-state index contributed by atoms with van der Waals surface area (Å²) >= 11 is 0. The van der Waals surface area contributed by atoms with Crippen molar-refractivity contribution in [1.82, 2.24) is 4.98 Å². The SMILES string of the molecule is COc1cc(NCP(C)(C)=O)ccc1Nc1c2ccccc2nc2ccccc12. The van der Waals surface area contributed by atoms with Crippen molar-refractivity contribution in [3.8, 4) is 5.75 Å². The number of hydrogen-bond acceptors (Lipinski definition) is 5. The Hall–Kier alpha value is -3.04. The largest absolute Gasteiger partial charge is 0.494 e. The lowest BCUT2D eigenvalue weighted by Crippen LogP contribution is -2.03. The summed E-state index contributed by atoms with van der Waals surface area (Å²) in [5.74, 6) is 0.710. The summed E-state index contributed by atoms with van der Waals surface area (Å²) in [5, 5.41) is 8.89. The Morgan fingerprint density at radius 1 is 0.931 bits per heavy atom. The molecular formula is C23H24N3O2P. The van der Waals surface area contributed by atoms with Gasteiger partial charge in [0.05, 0.1) is 42.9 Å². The summed E-state index contributed by atoms with van der Waals surface area (Å²) in [7, 11) is -0.500. The standard InChI is InChI=1S/C23H24N3O2P/c1-28-22-14-16(24-15-29(2,3)27)12-13-21(22)26-23-17-8-4-6-10-19(17)25-20-11-7-5-9-18(20)23/h4-14,24H,15H2,1-3H3,(H,25,26). The van der Waals surface area contributed by atoms with Crippen molar-refractivity contribution in [2.75, 3.05) is 37.4 Å². The zero-order valence-corrected chi connectivity index (χ0v) is 17.7. The number of nitrogens with zero attached hydrogens (tertiary/aromatic N) is 1. The van der Waals surface area contributed by atoms with Crippen molar-refractivity contribution in [2.24, 2.45) is 0 Å². The topological polar surface area (TPSA) is 63.2 Å². The fraction of sp³-hybridized carbons (Fsp3) is 0.174. The molecular weight excluding hydrogens is 381 g/mol. The highest BCUT2D eigenvalue weighted by Gasteiger charge is 2.13. The molecule has 2 N–H and O–H groups in total. The molecule has 0 saturated carbocycles. The molecule has 5 nitrogen and oxygen atoms in total. The molecule has 29 heavy (non-hydrogen) atoms. The number of methoxy groups -OCH3 is 1. The van der Waals surface area contributed by atoms with Gasteiger partial charge in [0.25, 0.3) is 0 Å². The molecule has 0 radical (unpaired) electrons. The Balaban J connectivity index is 1.77. The summed E-state index contributed by atoms with van der Waals surface area (Å²) < 4.78 is 17.6. The van der Waals surface area contributed by atoms with Crippen molar-refractivity contribution < 1.29 is 9.30 Å². The van der Waals surface area contributed by atoms with Crippen LogP contribution in [0.4, 0.5) is 17.1 Å². The fourth-order valence-electron chi connectivity index (χ4n) is 3.30. The van der Waals surface area contributed by atoms with Crippen molar-refractivity contribution in [1.29, 1.82) is 0 Å². The quantitative estimate of drug-likeness (QED) is 0.298. The van der Waals surface area contributed by atoms with Crippen LogP contribution in [0.15, 0.2) is 66.7 Å². The van der Waals surface area contributed by atoms with Gasteiger partial charge in [-0.05, 0) is 37.6 Å². The van der Waals surface area contributed by atoms with E-state index < -0.39 is 7.14 Å². The number of ether oxygens (including phenoxy) is 1. The first-order valence-electron chi connectivity index (χ1n) is 9.45. The summed E-state index contributed by atoms with van der Waals surface area (Å²) in [4.78, 5) is 4.78. The van der Waals surface area contributed by atoms with E-state index in [1.54, 1.807) is 20.4 Å². The van der Waals surface area contributed by atoms with Crippen LogP contribution in [-0.4, -0.2) is 31.7 Å². The molecule has 1 heterocycles. The third-order valence-electron chi connectivity index (χ3n) is 4.71. The van der Waals surface area contributed by atoms with E-state index in [9.17, 15) is 4.57 Å². The van der Waals surface area contributed by atoms with Crippen LogP contribution in [0, 0.1) is 0 Å². The maximum atomic E-state index is 12.0. The van der Waals surface area contributed by atoms with E-state index in [1.165, 1.54) is 0 Å². The van der Waals surface area contributed by atoms with Gasteiger partial charge in [0.1, 0.15) is 5.75 Å². The van der Waals surface area contributed by atoms with Crippen molar-refractivity contribution in [3.63, 3.8) is 0 Å². The molecule has 0 aliphatic carbocycles. The van der Waals surface area contributed by atoms with Gasteiger partial charge in [-0.2, -0.15) is 0 Å².